The van der Waals surface area contributed by atoms with E-state index in [1.807, 2.05) is 26.8 Å². The van der Waals surface area contributed by atoms with Crippen LogP contribution in [0.1, 0.15) is 30.0 Å². The van der Waals surface area contributed by atoms with Gasteiger partial charge in [-0.2, -0.15) is 5.10 Å². The summed E-state index contributed by atoms with van der Waals surface area (Å²) in [6, 6.07) is 1.55. The topological polar surface area (TPSA) is 72.1 Å². The van der Waals surface area contributed by atoms with Gasteiger partial charge in [-0.15, -0.1) is 0 Å². The number of hydrogen-bond acceptors (Lipinski definition) is 3. The second-order valence-corrected chi connectivity index (χ2v) is 4.59. The summed E-state index contributed by atoms with van der Waals surface area (Å²) in [5, 5.41) is 9.57. The molecular weight excluding hydrogens is 244 g/mol. The van der Waals surface area contributed by atoms with Crippen molar-refractivity contribution in [1.29, 1.82) is 0 Å². The first-order valence-corrected chi connectivity index (χ1v) is 6.09. The van der Waals surface area contributed by atoms with Gasteiger partial charge in [0.25, 0.3) is 0 Å². The number of nitrogens with one attached hydrogen (secondary N) is 2. The number of hydrogen-bond donors (Lipinski definition) is 2. The predicted octanol–water partition coefficient (Wildman–Crippen LogP) is 2.51. The summed E-state index contributed by atoms with van der Waals surface area (Å²) in [7, 11) is 1.79. The molecule has 2 amide bonds. The van der Waals surface area contributed by atoms with Crippen LogP contribution in [0, 0.1) is 13.8 Å². The van der Waals surface area contributed by atoms with Crippen LogP contribution < -0.4 is 10.6 Å². The molecule has 2 aromatic heterocycles. The Morgan fingerprint density at radius 2 is 2.21 bits per heavy atom. The van der Waals surface area contributed by atoms with Crippen LogP contribution in [0.2, 0.25) is 0 Å². The van der Waals surface area contributed by atoms with Crippen molar-refractivity contribution in [3.8, 4) is 0 Å². The molecule has 2 N–H and O–H groups in total. The van der Waals surface area contributed by atoms with Gasteiger partial charge < -0.3 is 15.1 Å². The van der Waals surface area contributed by atoms with Gasteiger partial charge in [-0.05, 0) is 26.8 Å². The highest BCUT2D eigenvalue weighted by atomic mass is 16.3. The molecule has 1 atom stereocenters. The third-order valence-corrected chi connectivity index (χ3v) is 2.86. The molecule has 0 fully saturated rings. The van der Waals surface area contributed by atoms with E-state index in [0.29, 0.717) is 5.69 Å². The van der Waals surface area contributed by atoms with E-state index >= 15 is 0 Å². The minimum absolute atomic E-state index is 0.117. The largest absolute Gasteiger partial charge is 0.466 e. The number of aromatic nitrogens is 2. The Morgan fingerprint density at radius 3 is 2.74 bits per heavy atom. The average molecular weight is 262 g/mol. The molecule has 0 aliphatic heterocycles. The van der Waals surface area contributed by atoms with Crippen molar-refractivity contribution < 1.29 is 9.21 Å². The van der Waals surface area contributed by atoms with Crippen molar-refractivity contribution in [1.82, 2.24) is 15.1 Å². The van der Waals surface area contributed by atoms with Gasteiger partial charge >= 0.3 is 6.03 Å². The molecule has 2 heterocycles. The predicted molar refractivity (Wildman–Crippen MR) is 72.0 cm³/mol. The van der Waals surface area contributed by atoms with Crippen LogP contribution >= 0.6 is 0 Å². The van der Waals surface area contributed by atoms with Crippen LogP contribution in [0.15, 0.2) is 22.9 Å². The number of furan rings is 1. The van der Waals surface area contributed by atoms with Crippen LogP contribution in [0.3, 0.4) is 0 Å². The Labute approximate surface area is 111 Å². The van der Waals surface area contributed by atoms with Gasteiger partial charge in [-0.25, -0.2) is 4.79 Å². The lowest BCUT2D eigenvalue weighted by molar-refractivity contribution is 0.249. The fraction of sp³-hybridized carbons (Fsp3) is 0.385. The van der Waals surface area contributed by atoms with E-state index in [1.165, 1.54) is 0 Å². The molecule has 2 aromatic rings. The summed E-state index contributed by atoms with van der Waals surface area (Å²) in [5.74, 6) is 1.67. The fourth-order valence-electron chi connectivity index (χ4n) is 2.01. The lowest BCUT2D eigenvalue weighted by Crippen LogP contribution is -2.31. The molecule has 0 saturated heterocycles. The van der Waals surface area contributed by atoms with E-state index in [1.54, 1.807) is 24.1 Å². The van der Waals surface area contributed by atoms with Crippen LogP contribution in [0.5, 0.6) is 0 Å². The van der Waals surface area contributed by atoms with E-state index in [9.17, 15) is 4.79 Å². The molecule has 0 aromatic carbocycles. The lowest BCUT2D eigenvalue weighted by Gasteiger charge is -2.13. The number of urea groups is 1. The molecule has 0 saturated carbocycles. The molecule has 6 heteroatoms. The molecule has 2 rings (SSSR count). The van der Waals surface area contributed by atoms with Crippen LogP contribution in [0.25, 0.3) is 0 Å². The summed E-state index contributed by atoms with van der Waals surface area (Å²) in [6.07, 6.45) is 3.33. The zero-order chi connectivity index (χ0) is 14.0. The summed E-state index contributed by atoms with van der Waals surface area (Å²) in [4.78, 5) is 11.8. The average Bonchev–Trinajstić information content (AvgIpc) is 2.84. The van der Waals surface area contributed by atoms with E-state index in [2.05, 4.69) is 15.7 Å². The summed E-state index contributed by atoms with van der Waals surface area (Å²) < 4.78 is 7.08. The highest BCUT2D eigenvalue weighted by molar-refractivity contribution is 5.89. The lowest BCUT2D eigenvalue weighted by atomic mass is 10.1. The molecule has 0 radical (unpaired) electrons. The molecule has 0 aliphatic rings. The Balaban J connectivity index is 1.97. The van der Waals surface area contributed by atoms with Gasteiger partial charge in [0.2, 0.25) is 0 Å². The van der Waals surface area contributed by atoms with Crippen molar-refractivity contribution in [3.05, 3.63) is 35.5 Å². The van der Waals surface area contributed by atoms with Crippen molar-refractivity contribution in [2.24, 2.45) is 7.05 Å². The summed E-state index contributed by atoms with van der Waals surface area (Å²) in [5.41, 5.74) is 1.64. The number of nitrogens with zero attached hydrogens (tertiary/aromatic N) is 2. The van der Waals surface area contributed by atoms with Gasteiger partial charge in [0.1, 0.15) is 11.5 Å². The maximum absolute atomic E-state index is 11.8. The molecule has 0 bridgehead atoms. The second kappa shape index (κ2) is 5.17. The van der Waals surface area contributed by atoms with Gasteiger partial charge in [-0.1, -0.05) is 0 Å². The molecular formula is C13H18N4O2. The SMILES string of the molecule is Cc1cc(C(C)NC(=O)Nc2cnn(C)c2)c(C)o1. The zero-order valence-corrected chi connectivity index (χ0v) is 11.5. The second-order valence-electron chi connectivity index (χ2n) is 4.59. The van der Waals surface area contributed by atoms with E-state index < -0.39 is 0 Å². The van der Waals surface area contributed by atoms with Crippen molar-refractivity contribution >= 4 is 11.7 Å². The third kappa shape index (κ3) is 3.15. The normalized spacial score (nSPS) is 12.2. The van der Waals surface area contributed by atoms with E-state index in [4.69, 9.17) is 4.42 Å². The van der Waals surface area contributed by atoms with E-state index in [-0.39, 0.29) is 12.1 Å². The Morgan fingerprint density at radius 1 is 1.47 bits per heavy atom. The molecule has 1 unspecified atom stereocenters. The van der Waals surface area contributed by atoms with Crippen molar-refractivity contribution in [3.63, 3.8) is 0 Å². The van der Waals surface area contributed by atoms with Gasteiger partial charge in [0, 0.05) is 18.8 Å². The molecule has 102 valence electrons. The quantitative estimate of drug-likeness (QED) is 0.892. The van der Waals surface area contributed by atoms with Crippen LogP contribution in [-0.2, 0) is 7.05 Å². The Bertz CT molecular complexity index is 585. The standard InChI is InChI=1S/C13H18N4O2/c1-8-5-12(10(3)19-8)9(2)15-13(18)16-11-6-14-17(4)7-11/h5-7,9H,1-4H3,(H2,15,16,18). The molecule has 6 nitrogen and oxygen atoms in total. The van der Waals surface area contributed by atoms with Crippen LogP contribution in [0.4, 0.5) is 10.5 Å². The number of amides is 2. The van der Waals surface area contributed by atoms with Crippen molar-refractivity contribution in [2.45, 2.75) is 26.8 Å². The number of rotatable bonds is 3. The van der Waals surface area contributed by atoms with E-state index in [0.717, 1.165) is 17.1 Å². The van der Waals surface area contributed by atoms with Gasteiger partial charge in [-0.3, -0.25) is 4.68 Å². The summed E-state index contributed by atoms with van der Waals surface area (Å²) in [6.45, 7) is 5.69. The number of anilines is 1. The fourth-order valence-corrected chi connectivity index (χ4v) is 2.01. The minimum Gasteiger partial charge on any atom is -0.466 e. The first-order valence-electron chi connectivity index (χ1n) is 6.09. The first-order chi connectivity index (χ1) is 8.95. The Kier molecular flexibility index (Phi) is 3.59. The highest BCUT2D eigenvalue weighted by Crippen LogP contribution is 2.21. The minimum atomic E-state index is -0.265. The first kappa shape index (κ1) is 13.2. The monoisotopic (exact) mass is 262 g/mol. The molecule has 0 spiro atoms. The van der Waals surface area contributed by atoms with Gasteiger partial charge in [0.05, 0.1) is 17.9 Å². The molecule has 0 aliphatic carbocycles. The Hall–Kier alpha value is -2.24. The third-order valence-electron chi connectivity index (χ3n) is 2.86. The number of carbonyl (C=O) groups is 1. The smallest absolute Gasteiger partial charge is 0.319 e. The molecule has 19 heavy (non-hydrogen) atoms. The maximum atomic E-state index is 11.8. The number of aryl methyl sites for hydroxylation is 3. The van der Waals surface area contributed by atoms with Gasteiger partial charge in [0.15, 0.2) is 0 Å². The van der Waals surface area contributed by atoms with Crippen molar-refractivity contribution in [2.75, 3.05) is 5.32 Å². The van der Waals surface area contributed by atoms with Crippen LogP contribution in [-0.4, -0.2) is 15.8 Å². The highest BCUT2D eigenvalue weighted by Gasteiger charge is 2.15. The zero-order valence-electron chi connectivity index (χ0n) is 11.5. The summed E-state index contributed by atoms with van der Waals surface area (Å²) >= 11 is 0. The number of carbonyl (C=O) groups excluding carboxylic acids is 1. The maximum Gasteiger partial charge on any atom is 0.319 e.